The standard InChI is InChI=1S/C9H4BrF4N3OS/c10-3-1-5(15)6(2-4(3)11)18-8-16-7(17-19-8)9(12,13)14/h1-2H,15H2. The first-order chi connectivity index (χ1) is 8.77. The van der Waals surface area contributed by atoms with Crippen molar-refractivity contribution in [1.82, 2.24) is 9.36 Å². The molecule has 0 unspecified atom stereocenters. The SMILES string of the molecule is Nc1cc(Br)c(F)cc1Oc1nc(C(F)(F)F)ns1. The molecule has 2 N–H and O–H groups in total. The van der Waals surface area contributed by atoms with Crippen molar-refractivity contribution in [2.75, 3.05) is 5.73 Å². The molecule has 19 heavy (non-hydrogen) atoms. The van der Waals surface area contributed by atoms with Crippen LogP contribution in [0.1, 0.15) is 5.82 Å². The zero-order valence-corrected chi connectivity index (χ0v) is 11.2. The smallest absolute Gasteiger partial charge is 0.428 e. The number of aromatic nitrogens is 2. The number of halogens is 5. The van der Waals surface area contributed by atoms with E-state index in [9.17, 15) is 17.6 Å². The Hall–Kier alpha value is -1.42. The molecule has 2 aromatic rings. The molecule has 0 atom stereocenters. The van der Waals surface area contributed by atoms with Crippen molar-refractivity contribution in [1.29, 1.82) is 0 Å². The summed E-state index contributed by atoms with van der Waals surface area (Å²) in [6.45, 7) is 0. The molecule has 0 aliphatic rings. The van der Waals surface area contributed by atoms with Gasteiger partial charge >= 0.3 is 6.18 Å². The van der Waals surface area contributed by atoms with Crippen molar-refractivity contribution in [3.8, 4) is 10.9 Å². The summed E-state index contributed by atoms with van der Waals surface area (Å²) in [5.41, 5.74) is 5.60. The fourth-order valence-electron chi connectivity index (χ4n) is 1.09. The maximum absolute atomic E-state index is 13.3. The zero-order valence-electron chi connectivity index (χ0n) is 8.83. The average molecular weight is 358 g/mol. The lowest BCUT2D eigenvalue weighted by Crippen LogP contribution is -2.07. The Morgan fingerprint density at radius 3 is 2.58 bits per heavy atom. The molecule has 0 radical (unpaired) electrons. The van der Waals surface area contributed by atoms with Gasteiger partial charge in [-0.2, -0.15) is 22.5 Å². The fourth-order valence-corrected chi connectivity index (χ4v) is 2.02. The minimum atomic E-state index is -4.66. The number of alkyl halides is 3. The van der Waals surface area contributed by atoms with Gasteiger partial charge < -0.3 is 10.5 Å². The second-order valence-electron chi connectivity index (χ2n) is 3.29. The Kier molecular flexibility index (Phi) is 3.63. The van der Waals surface area contributed by atoms with E-state index in [4.69, 9.17) is 10.5 Å². The lowest BCUT2D eigenvalue weighted by Gasteiger charge is -2.06. The molecule has 10 heteroatoms. The van der Waals surface area contributed by atoms with Gasteiger partial charge in [0, 0.05) is 17.6 Å². The van der Waals surface area contributed by atoms with E-state index in [1.54, 1.807) is 0 Å². The Balaban J connectivity index is 2.27. The van der Waals surface area contributed by atoms with E-state index in [2.05, 4.69) is 25.3 Å². The normalized spacial score (nSPS) is 11.6. The highest BCUT2D eigenvalue weighted by Crippen LogP contribution is 2.35. The van der Waals surface area contributed by atoms with Crippen LogP contribution in [0.25, 0.3) is 0 Å². The molecule has 4 nitrogen and oxygen atoms in total. The third-order valence-corrected chi connectivity index (χ3v) is 3.11. The Morgan fingerprint density at radius 1 is 1.32 bits per heavy atom. The Labute approximate surface area is 116 Å². The summed E-state index contributed by atoms with van der Waals surface area (Å²) in [6.07, 6.45) is -4.66. The summed E-state index contributed by atoms with van der Waals surface area (Å²) >= 11 is 3.31. The van der Waals surface area contributed by atoms with Crippen LogP contribution in [-0.4, -0.2) is 9.36 Å². The molecule has 0 spiro atoms. The molecule has 2 rings (SSSR count). The molecule has 102 valence electrons. The number of benzene rings is 1. The highest BCUT2D eigenvalue weighted by atomic mass is 79.9. The van der Waals surface area contributed by atoms with Gasteiger partial charge in [-0.05, 0) is 22.0 Å². The van der Waals surface area contributed by atoms with Gasteiger partial charge in [0.25, 0.3) is 11.0 Å². The minimum absolute atomic E-state index is 0.0528. The molecule has 0 aliphatic carbocycles. The van der Waals surface area contributed by atoms with Crippen LogP contribution in [0.15, 0.2) is 16.6 Å². The second kappa shape index (κ2) is 4.93. The number of nitrogens with zero attached hydrogens (tertiary/aromatic N) is 2. The molecule has 0 amide bonds. The third-order valence-electron chi connectivity index (χ3n) is 1.91. The van der Waals surface area contributed by atoms with Crippen LogP contribution in [0.5, 0.6) is 10.9 Å². The van der Waals surface area contributed by atoms with E-state index >= 15 is 0 Å². The van der Waals surface area contributed by atoms with E-state index in [1.807, 2.05) is 0 Å². The van der Waals surface area contributed by atoms with Gasteiger partial charge in [-0.15, -0.1) is 0 Å². The zero-order chi connectivity index (χ0) is 14.2. The van der Waals surface area contributed by atoms with Crippen molar-refractivity contribution < 1.29 is 22.3 Å². The van der Waals surface area contributed by atoms with Crippen molar-refractivity contribution >= 4 is 33.1 Å². The van der Waals surface area contributed by atoms with E-state index in [0.29, 0.717) is 11.5 Å². The van der Waals surface area contributed by atoms with E-state index in [0.717, 1.165) is 6.07 Å². The number of ether oxygens (including phenoxy) is 1. The van der Waals surface area contributed by atoms with Crippen molar-refractivity contribution in [3.05, 3.63) is 28.2 Å². The third kappa shape index (κ3) is 3.13. The molecule has 0 bridgehead atoms. The molecule has 0 fully saturated rings. The van der Waals surface area contributed by atoms with Crippen molar-refractivity contribution in [2.45, 2.75) is 6.18 Å². The van der Waals surface area contributed by atoms with Gasteiger partial charge in [0.05, 0.1) is 10.2 Å². The van der Waals surface area contributed by atoms with Gasteiger partial charge in [-0.3, -0.25) is 0 Å². The summed E-state index contributed by atoms with van der Waals surface area (Å²) < 4.78 is 58.3. The molecule has 1 aromatic heterocycles. The maximum atomic E-state index is 13.3. The van der Waals surface area contributed by atoms with Gasteiger partial charge in [0.15, 0.2) is 5.75 Å². The summed E-state index contributed by atoms with van der Waals surface area (Å²) in [5, 5.41) is -0.374. The molecule has 0 saturated carbocycles. The Morgan fingerprint density at radius 2 is 2.00 bits per heavy atom. The van der Waals surface area contributed by atoms with Crippen LogP contribution in [0, 0.1) is 5.82 Å². The first kappa shape index (κ1) is 14.0. The predicted octanol–water partition coefficient (Wildman–Crippen LogP) is 3.83. The van der Waals surface area contributed by atoms with Gasteiger partial charge in [-0.1, -0.05) is 0 Å². The van der Waals surface area contributed by atoms with E-state index in [1.165, 1.54) is 6.07 Å². The summed E-state index contributed by atoms with van der Waals surface area (Å²) in [5.74, 6) is -2.11. The topological polar surface area (TPSA) is 61.0 Å². The first-order valence-corrected chi connectivity index (χ1v) is 6.17. The largest absolute Gasteiger partial charge is 0.452 e. The molecular weight excluding hydrogens is 354 g/mol. The number of nitrogens with two attached hydrogens (primary N) is 1. The number of hydrogen-bond acceptors (Lipinski definition) is 5. The lowest BCUT2D eigenvalue weighted by molar-refractivity contribution is -0.144. The van der Waals surface area contributed by atoms with Crippen LogP contribution >= 0.6 is 27.5 Å². The lowest BCUT2D eigenvalue weighted by atomic mass is 10.3. The summed E-state index contributed by atoms with van der Waals surface area (Å²) in [7, 11) is 0. The van der Waals surface area contributed by atoms with Crippen LogP contribution in [0.4, 0.5) is 23.2 Å². The van der Waals surface area contributed by atoms with Gasteiger partial charge in [-0.25, -0.2) is 4.39 Å². The number of hydrogen-bond donors (Lipinski definition) is 1. The highest BCUT2D eigenvalue weighted by Gasteiger charge is 2.36. The maximum Gasteiger partial charge on any atom is 0.452 e. The fraction of sp³-hybridized carbons (Fsp3) is 0.111. The van der Waals surface area contributed by atoms with Crippen LogP contribution in [-0.2, 0) is 6.18 Å². The second-order valence-corrected chi connectivity index (χ2v) is 4.86. The van der Waals surface area contributed by atoms with Gasteiger partial charge in [0.2, 0.25) is 0 Å². The number of nitrogen functional groups attached to an aromatic ring is 1. The molecule has 1 heterocycles. The highest BCUT2D eigenvalue weighted by molar-refractivity contribution is 9.10. The van der Waals surface area contributed by atoms with E-state index in [-0.39, 0.29) is 21.1 Å². The predicted molar refractivity (Wildman–Crippen MR) is 63.5 cm³/mol. The van der Waals surface area contributed by atoms with Crippen LogP contribution < -0.4 is 10.5 Å². The number of rotatable bonds is 2. The van der Waals surface area contributed by atoms with Gasteiger partial charge in [0.1, 0.15) is 5.82 Å². The molecule has 0 saturated heterocycles. The average Bonchev–Trinajstić information content (AvgIpc) is 2.74. The molecular formula is C9H4BrF4N3OS. The monoisotopic (exact) mass is 357 g/mol. The quantitative estimate of drug-likeness (QED) is 0.655. The van der Waals surface area contributed by atoms with E-state index < -0.39 is 17.8 Å². The number of anilines is 1. The summed E-state index contributed by atoms with van der Waals surface area (Å²) in [6, 6.07) is 2.17. The molecule has 0 aliphatic heterocycles. The molecule has 1 aromatic carbocycles. The van der Waals surface area contributed by atoms with Crippen LogP contribution in [0.3, 0.4) is 0 Å². The van der Waals surface area contributed by atoms with Crippen molar-refractivity contribution in [2.24, 2.45) is 0 Å². The van der Waals surface area contributed by atoms with Crippen LogP contribution in [0.2, 0.25) is 0 Å². The summed E-state index contributed by atoms with van der Waals surface area (Å²) in [4.78, 5) is 3.14. The first-order valence-electron chi connectivity index (χ1n) is 4.60. The Bertz CT molecular complexity index is 616. The van der Waals surface area contributed by atoms with Crippen molar-refractivity contribution in [3.63, 3.8) is 0 Å². The minimum Gasteiger partial charge on any atom is -0.428 e.